The van der Waals surface area contributed by atoms with Crippen molar-refractivity contribution >= 4 is 65.4 Å². The van der Waals surface area contributed by atoms with Crippen LogP contribution in [0.3, 0.4) is 0 Å². The Balaban J connectivity index is 1.34. The van der Waals surface area contributed by atoms with E-state index < -0.39 is 0 Å². The molecule has 46 heavy (non-hydrogen) atoms. The molecule has 0 saturated heterocycles. The summed E-state index contributed by atoms with van der Waals surface area (Å²) in [6.07, 6.45) is 0. The zero-order chi connectivity index (χ0) is 32.8. The van der Waals surface area contributed by atoms with Gasteiger partial charge in [-0.3, -0.25) is 0 Å². The Labute approximate surface area is 266 Å². The number of benzene rings is 7. The Morgan fingerprint density at radius 3 is 2.02 bits per heavy atom. The molecule has 5 heteroatoms. The predicted octanol–water partition coefficient (Wildman–Crippen LogP) is 11.0. The van der Waals surface area contributed by atoms with Crippen molar-refractivity contribution in [2.24, 2.45) is 0 Å². The Morgan fingerprint density at radius 1 is 0.435 bits per heavy atom. The van der Waals surface area contributed by atoms with E-state index in [1.54, 1.807) is 18.2 Å². The summed E-state index contributed by atoms with van der Waals surface area (Å²) >= 11 is 0. The second-order valence-electron chi connectivity index (χ2n) is 11.3. The van der Waals surface area contributed by atoms with E-state index in [0.717, 1.165) is 43.5 Å². The first-order chi connectivity index (χ1) is 24.0. The molecule has 10 rings (SSSR count). The van der Waals surface area contributed by atoms with Gasteiger partial charge >= 0.3 is 0 Å². The van der Waals surface area contributed by atoms with Crippen LogP contribution in [0.25, 0.3) is 99.6 Å². The van der Waals surface area contributed by atoms with E-state index in [2.05, 4.69) is 30.3 Å². The summed E-state index contributed by atoms with van der Waals surface area (Å²) in [5.41, 5.74) is 4.22. The first-order valence-corrected chi connectivity index (χ1v) is 15.0. The summed E-state index contributed by atoms with van der Waals surface area (Å²) in [5, 5.41) is 7.33. The van der Waals surface area contributed by atoms with Gasteiger partial charge in [0.2, 0.25) is 0 Å². The maximum atomic E-state index is 9.15. The fraction of sp³-hybridized carbons (Fsp3) is 0. The molecule has 0 aliphatic heterocycles. The van der Waals surface area contributed by atoms with Crippen LogP contribution in [0.15, 0.2) is 148 Å². The van der Waals surface area contributed by atoms with Crippen LogP contribution in [0.5, 0.6) is 0 Å². The molecule has 0 aliphatic rings. The summed E-state index contributed by atoms with van der Waals surface area (Å²) in [4.78, 5) is 15.3. The second-order valence-corrected chi connectivity index (χ2v) is 11.3. The SMILES string of the molecule is [2H]c1cc([2H])c2oc3ccc([2H])c(-c4nc(-c5cc6ccccc6c6ccccc56)nc(-c5cccc6c5oc5ccccc56)n4)c3c2c1. The van der Waals surface area contributed by atoms with Gasteiger partial charge in [-0.25, -0.2) is 15.0 Å². The van der Waals surface area contributed by atoms with E-state index in [-0.39, 0.29) is 24.0 Å². The van der Waals surface area contributed by atoms with Gasteiger partial charge < -0.3 is 8.83 Å². The molecule has 0 saturated carbocycles. The zero-order valence-corrected chi connectivity index (χ0v) is 24.2. The lowest BCUT2D eigenvalue weighted by Crippen LogP contribution is -2.01. The van der Waals surface area contributed by atoms with Gasteiger partial charge in [-0.1, -0.05) is 109 Å². The van der Waals surface area contributed by atoms with Gasteiger partial charge in [0.25, 0.3) is 0 Å². The minimum atomic E-state index is 0.104. The van der Waals surface area contributed by atoms with E-state index in [4.69, 9.17) is 27.9 Å². The lowest BCUT2D eigenvalue weighted by atomic mass is 9.96. The molecule has 7 aromatic carbocycles. The number of fused-ring (bicyclic) bond motifs is 9. The van der Waals surface area contributed by atoms with Crippen molar-refractivity contribution in [2.45, 2.75) is 0 Å². The molecular weight excluding hydrogens is 566 g/mol. The van der Waals surface area contributed by atoms with Crippen molar-refractivity contribution < 1.29 is 12.9 Å². The summed E-state index contributed by atoms with van der Waals surface area (Å²) in [6, 6.07) is 39.4. The van der Waals surface area contributed by atoms with E-state index >= 15 is 0 Å². The summed E-state index contributed by atoms with van der Waals surface area (Å²) < 4.78 is 38.6. The average molecular weight is 593 g/mol. The first kappa shape index (κ1) is 22.2. The first-order valence-electron chi connectivity index (χ1n) is 16.5. The van der Waals surface area contributed by atoms with Crippen LogP contribution in [0.4, 0.5) is 0 Å². The molecule has 0 aliphatic carbocycles. The Hall–Kier alpha value is -6.33. The number of furan rings is 2. The van der Waals surface area contributed by atoms with Crippen LogP contribution in [0.2, 0.25) is 0 Å². The largest absolute Gasteiger partial charge is 0.456 e. The van der Waals surface area contributed by atoms with Crippen LogP contribution in [-0.4, -0.2) is 15.0 Å². The molecule has 0 fully saturated rings. The fourth-order valence-corrected chi connectivity index (χ4v) is 6.65. The van der Waals surface area contributed by atoms with Gasteiger partial charge in [-0.05, 0) is 51.9 Å². The van der Waals surface area contributed by atoms with Gasteiger partial charge in [0, 0.05) is 32.7 Å². The van der Waals surface area contributed by atoms with Crippen molar-refractivity contribution in [1.82, 2.24) is 15.0 Å². The van der Waals surface area contributed by atoms with Crippen LogP contribution >= 0.6 is 0 Å². The Morgan fingerprint density at radius 2 is 1.13 bits per heavy atom. The minimum Gasteiger partial charge on any atom is -0.456 e. The van der Waals surface area contributed by atoms with Gasteiger partial charge in [-0.2, -0.15) is 0 Å². The van der Waals surface area contributed by atoms with Crippen LogP contribution in [0.1, 0.15) is 4.11 Å². The molecule has 214 valence electrons. The summed E-state index contributed by atoms with van der Waals surface area (Å²) in [5.74, 6) is 1.13. The number of hydrogen-bond donors (Lipinski definition) is 0. The quantitative estimate of drug-likeness (QED) is 0.191. The summed E-state index contributed by atoms with van der Waals surface area (Å²) in [6.45, 7) is 0. The predicted molar refractivity (Wildman–Crippen MR) is 186 cm³/mol. The Kier molecular flexibility index (Phi) is 4.63. The highest BCUT2D eigenvalue weighted by Crippen LogP contribution is 2.40. The summed E-state index contributed by atoms with van der Waals surface area (Å²) in [7, 11) is 0. The lowest BCUT2D eigenvalue weighted by molar-refractivity contribution is 0.668. The molecule has 5 nitrogen and oxygen atoms in total. The van der Waals surface area contributed by atoms with Crippen molar-refractivity contribution in [3.63, 3.8) is 0 Å². The molecule has 10 aromatic rings. The molecule has 0 N–H and O–H groups in total. The number of para-hydroxylation sites is 3. The maximum Gasteiger partial charge on any atom is 0.167 e. The number of nitrogens with zero attached hydrogens (tertiary/aromatic N) is 3. The van der Waals surface area contributed by atoms with Crippen molar-refractivity contribution in [3.05, 3.63) is 139 Å². The molecule has 3 aromatic heterocycles. The van der Waals surface area contributed by atoms with Crippen molar-refractivity contribution in [1.29, 1.82) is 0 Å². The van der Waals surface area contributed by atoms with Crippen LogP contribution < -0.4 is 0 Å². The highest BCUT2D eigenvalue weighted by atomic mass is 16.3. The van der Waals surface area contributed by atoms with Crippen molar-refractivity contribution in [2.75, 3.05) is 0 Å². The molecule has 0 atom stereocenters. The topological polar surface area (TPSA) is 65.0 Å². The van der Waals surface area contributed by atoms with Gasteiger partial charge in [-0.15, -0.1) is 0 Å². The van der Waals surface area contributed by atoms with Crippen molar-refractivity contribution in [3.8, 4) is 34.2 Å². The van der Waals surface area contributed by atoms with E-state index in [1.165, 1.54) is 6.07 Å². The molecule has 0 unspecified atom stereocenters. The zero-order valence-electron chi connectivity index (χ0n) is 27.2. The normalized spacial score (nSPS) is 12.8. The average Bonchev–Trinajstić information content (AvgIpc) is 3.70. The molecule has 0 bridgehead atoms. The number of rotatable bonds is 3. The fourth-order valence-electron chi connectivity index (χ4n) is 6.65. The third-order valence-electron chi connectivity index (χ3n) is 8.71. The minimum absolute atomic E-state index is 0.104. The van der Waals surface area contributed by atoms with Gasteiger partial charge in [0.1, 0.15) is 22.3 Å². The van der Waals surface area contributed by atoms with Crippen LogP contribution in [0, 0.1) is 0 Å². The monoisotopic (exact) mass is 592 g/mol. The van der Waals surface area contributed by atoms with Gasteiger partial charge in [0.05, 0.1) is 9.68 Å². The lowest BCUT2D eigenvalue weighted by Gasteiger charge is -2.13. The molecule has 0 spiro atoms. The molecule has 0 radical (unpaired) electrons. The second kappa shape index (κ2) is 9.58. The third-order valence-corrected chi connectivity index (χ3v) is 8.71. The van der Waals surface area contributed by atoms with Crippen LogP contribution in [-0.2, 0) is 0 Å². The van der Waals surface area contributed by atoms with E-state index in [0.29, 0.717) is 50.3 Å². The highest BCUT2D eigenvalue weighted by molar-refractivity contribution is 6.14. The molecule has 0 amide bonds. The Bertz CT molecular complexity index is 3000. The molecular formula is C41H23N3O2. The maximum absolute atomic E-state index is 9.15. The molecule has 3 heterocycles. The smallest absolute Gasteiger partial charge is 0.167 e. The third kappa shape index (κ3) is 3.66. The number of hydrogen-bond acceptors (Lipinski definition) is 5. The van der Waals surface area contributed by atoms with Gasteiger partial charge in [0.15, 0.2) is 17.5 Å². The van der Waals surface area contributed by atoms with E-state index in [9.17, 15) is 0 Å². The number of aromatic nitrogens is 3. The highest BCUT2D eigenvalue weighted by Gasteiger charge is 2.21. The standard InChI is InChI=1S/C41H23N3O2/c1-2-12-25-24(11-1)23-33(27-14-4-3-13-26(25)27)41-43-39(31-18-10-22-36-37(31)30-16-6-8-21-35(30)45-36)42-40(44-41)32-19-9-17-29-28-15-5-7-20-34(28)46-38(29)32/h1-23H/i6D,18D,21D. The van der Waals surface area contributed by atoms with E-state index in [1.807, 2.05) is 66.7 Å².